The van der Waals surface area contributed by atoms with E-state index in [-0.39, 0.29) is 23.9 Å². The van der Waals surface area contributed by atoms with Crippen LogP contribution in [-0.4, -0.2) is 18.9 Å². The second-order valence-corrected chi connectivity index (χ2v) is 6.01. The van der Waals surface area contributed by atoms with Crippen molar-refractivity contribution in [3.8, 4) is 0 Å². The van der Waals surface area contributed by atoms with Crippen LogP contribution in [0.15, 0.2) is 46.9 Å². The van der Waals surface area contributed by atoms with Crippen molar-refractivity contribution in [2.75, 3.05) is 17.3 Å². The molecule has 0 bridgehead atoms. The molecule has 0 atom stereocenters. The van der Waals surface area contributed by atoms with Crippen LogP contribution in [0.4, 0.5) is 15.8 Å². The van der Waals surface area contributed by atoms with Gasteiger partial charge in [-0.3, -0.25) is 9.59 Å². The van der Waals surface area contributed by atoms with E-state index in [0.717, 1.165) is 10.0 Å². The summed E-state index contributed by atoms with van der Waals surface area (Å²) in [6, 6.07) is 11.3. The van der Waals surface area contributed by atoms with E-state index in [1.165, 1.54) is 30.0 Å². The molecule has 0 aliphatic heterocycles. The van der Waals surface area contributed by atoms with Crippen molar-refractivity contribution in [2.45, 2.75) is 13.3 Å². The molecule has 0 saturated heterocycles. The van der Waals surface area contributed by atoms with Gasteiger partial charge in [0.1, 0.15) is 5.82 Å². The Hall–Kier alpha value is -2.21. The number of hydrogen-bond acceptors (Lipinski definition) is 2. The van der Waals surface area contributed by atoms with Gasteiger partial charge in [0.15, 0.2) is 0 Å². The van der Waals surface area contributed by atoms with Gasteiger partial charge in [0.2, 0.25) is 11.8 Å². The van der Waals surface area contributed by atoms with Gasteiger partial charge >= 0.3 is 0 Å². The molecule has 0 fully saturated rings. The highest BCUT2D eigenvalue weighted by atomic mass is 79.9. The van der Waals surface area contributed by atoms with Gasteiger partial charge in [-0.15, -0.1) is 0 Å². The summed E-state index contributed by atoms with van der Waals surface area (Å²) < 4.78 is 14.4. The number of halogens is 2. The molecule has 0 aliphatic rings. The highest BCUT2D eigenvalue weighted by Gasteiger charge is 2.14. The molecule has 2 amide bonds. The van der Waals surface area contributed by atoms with Crippen molar-refractivity contribution in [3.05, 3.63) is 58.3 Å². The summed E-state index contributed by atoms with van der Waals surface area (Å²) in [5.41, 5.74) is 1.55. The van der Waals surface area contributed by atoms with E-state index >= 15 is 0 Å². The molecule has 120 valence electrons. The fourth-order valence-electron chi connectivity index (χ4n) is 2.05. The van der Waals surface area contributed by atoms with Crippen molar-refractivity contribution in [3.63, 3.8) is 0 Å². The number of nitrogens with zero attached hydrogens (tertiary/aromatic N) is 1. The Balaban J connectivity index is 2.18. The molecular weight excluding hydrogens is 363 g/mol. The minimum atomic E-state index is -0.482. The monoisotopic (exact) mass is 378 g/mol. The topological polar surface area (TPSA) is 49.4 Å². The Morgan fingerprint density at radius 3 is 2.43 bits per heavy atom. The van der Waals surface area contributed by atoms with E-state index in [0.29, 0.717) is 5.69 Å². The molecule has 2 aromatic carbocycles. The van der Waals surface area contributed by atoms with Gasteiger partial charge < -0.3 is 10.2 Å². The third-order valence-corrected chi connectivity index (χ3v) is 3.87. The van der Waals surface area contributed by atoms with Gasteiger partial charge in [-0.1, -0.05) is 28.1 Å². The molecule has 1 N–H and O–H groups in total. The number of carbonyl (C=O) groups excluding carboxylic acids is 2. The highest BCUT2D eigenvalue weighted by Crippen LogP contribution is 2.26. The third-order valence-electron chi connectivity index (χ3n) is 3.34. The first-order chi connectivity index (χ1) is 10.9. The summed E-state index contributed by atoms with van der Waals surface area (Å²) in [5.74, 6) is -0.971. The molecule has 0 aliphatic carbocycles. The molecule has 0 radical (unpaired) electrons. The second kappa shape index (κ2) is 7.37. The second-order valence-electron chi connectivity index (χ2n) is 5.09. The minimum Gasteiger partial charge on any atom is -0.324 e. The zero-order chi connectivity index (χ0) is 17.0. The minimum absolute atomic E-state index is 0.160. The molecular formula is C17H16BrFN2O2. The zero-order valence-corrected chi connectivity index (χ0v) is 14.4. The summed E-state index contributed by atoms with van der Waals surface area (Å²) in [6.07, 6.45) is 0.160. The van der Waals surface area contributed by atoms with Gasteiger partial charge in [0.05, 0.1) is 17.8 Å². The lowest BCUT2D eigenvalue weighted by atomic mass is 10.1. The lowest BCUT2D eigenvalue weighted by molar-refractivity contribution is -0.117. The number of nitrogens with one attached hydrogen (secondary N) is 1. The van der Waals surface area contributed by atoms with E-state index < -0.39 is 5.82 Å². The predicted octanol–water partition coefficient (Wildman–Crippen LogP) is 3.75. The number of amides is 2. The van der Waals surface area contributed by atoms with E-state index in [1.807, 2.05) is 24.3 Å². The maximum Gasteiger partial charge on any atom is 0.228 e. The number of benzene rings is 2. The fraction of sp³-hybridized carbons (Fsp3) is 0.176. The van der Waals surface area contributed by atoms with Crippen molar-refractivity contribution in [1.82, 2.24) is 0 Å². The number of hydrogen-bond donors (Lipinski definition) is 1. The average Bonchev–Trinajstić information content (AvgIpc) is 2.49. The first kappa shape index (κ1) is 17.1. The van der Waals surface area contributed by atoms with Crippen molar-refractivity contribution in [2.24, 2.45) is 0 Å². The number of anilines is 2. The van der Waals surface area contributed by atoms with Crippen LogP contribution in [-0.2, 0) is 16.0 Å². The van der Waals surface area contributed by atoms with Crippen molar-refractivity contribution in [1.29, 1.82) is 0 Å². The Morgan fingerprint density at radius 1 is 1.17 bits per heavy atom. The predicted molar refractivity (Wildman–Crippen MR) is 92.0 cm³/mol. The standard InChI is InChI=1S/C17H16BrFN2O2/c1-11(22)21(2)16-8-7-14(19)10-15(16)20-17(23)9-12-3-5-13(18)6-4-12/h3-8,10H,9H2,1-2H3,(H,20,23). The molecule has 0 aromatic heterocycles. The van der Waals surface area contributed by atoms with Crippen LogP contribution in [0.5, 0.6) is 0 Å². The summed E-state index contributed by atoms with van der Waals surface area (Å²) in [5, 5.41) is 2.67. The Bertz CT molecular complexity index is 732. The Kier molecular flexibility index (Phi) is 5.50. The molecule has 2 rings (SSSR count). The number of rotatable bonds is 4. The molecule has 0 spiro atoms. The van der Waals surface area contributed by atoms with Crippen LogP contribution in [0, 0.1) is 5.82 Å². The molecule has 0 heterocycles. The van der Waals surface area contributed by atoms with Crippen LogP contribution >= 0.6 is 15.9 Å². The molecule has 0 saturated carbocycles. The van der Waals surface area contributed by atoms with Crippen LogP contribution < -0.4 is 10.2 Å². The molecule has 23 heavy (non-hydrogen) atoms. The lowest BCUT2D eigenvalue weighted by Crippen LogP contribution is -2.25. The van der Waals surface area contributed by atoms with Crippen LogP contribution in [0.3, 0.4) is 0 Å². The fourth-order valence-corrected chi connectivity index (χ4v) is 2.32. The van der Waals surface area contributed by atoms with Crippen LogP contribution in [0.1, 0.15) is 12.5 Å². The first-order valence-corrected chi connectivity index (χ1v) is 7.74. The molecule has 2 aromatic rings. The van der Waals surface area contributed by atoms with Gasteiger partial charge in [0.25, 0.3) is 0 Å². The van der Waals surface area contributed by atoms with E-state index in [2.05, 4.69) is 21.2 Å². The Labute approximate surface area is 142 Å². The van der Waals surface area contributed by atoms with E-state index in [9.17, 15) is 14.0 Å². The third kappa shape index (κ3) is 4.63. The van der Waals surface area contributed by atoms with E-state index in [1.54, 1.807) is 7.05 Å². The van der Waals surface area contributed by atoms with Gasteiger partial charge in [-0.2, -0.15) is 0 Å². The zero-order valence-electron chi connectivity index (χ0n) is 12.8. The molecule has 6 heteroatoms. The average molecular weight is 379 g/mol. The highest BCUT2D eigenvalue weighted by molar-refractivity contribution is 9.10. The quantitative estimate of drug-likeness (QED) is 0.880. The van der Waals surface area contributed by atoms with Gasteiger partial charge in [-0.05, 0) is 35.9 Å². The SMILES string of the molecule is CC(=O)N(C)c1ccc(F)cc1NC(=O)Cc1ccc(Br)cc1. The summed E-state index contributed by atoms with van der Waals surface area (Å²) in [6.45, 7) is 1.40. The smallest absolute Gasteiger partial charge is 0.228 e. The van der Waals surface area contributed by atoms with Crippen LogP contribution in [0.25, 0.3) is 0 Å². The van der Waals surface area contributed by atoms with Gasteiger partial charge in [-0.25, -0.2) is 4.39 Å². The molecule has 4 nitrogen and oxygen atoms in total. The lowest BCUT2D eigenvalue weighted by Gasteiger charge is -2.19. The van der Waals surface area contributed by atoms with Crippen molar-refractivity contribution >= 4 is 39.1 Å². The summed E-state index contributed by atoms with van der Waals surface area (Å²) >= 11 is 3.33. The normalized spacial score (nSPS) is 10.3. The van der Waals surface area contributed by atoms with Crippen molar-refractivity contribution < 1.29 is 14.0 Å². The number of carbonyl (C=O) groups is 2. The van der Waals surface area contributed by atoms with E-state index in [4.69, 9.17) is 0 Å². The summed E-state index contributed by atoms with van der Waals surface area (Å²) in [4.78, 5) is 25.0. The maximum absolute atomic E-state index is 13.5. The van der Waals surface area contributed by atoms with Crippen LogP contribution in [0.2, 0.25) is 0 Å². The maximum atomic E-state index is 13.5. The Morgan fingerprint density at radius 2 is 1.83 bits per heavy atom. The molecule has 0 unspecified atom stereocenters. The van der Waals surface area contributed by atoms with Gasteiger partial charge in [0, 0.05) is 18.4 Å². The largest absolute Gasteiger partial charge is 0.324 e. The first-order valence-electron chi connectivity index (χ1n) is 6.95. The summed E-state index contributed by atoms with van der Waals surface area (Å²) in [7, 11) is 1.57.